The summed E-state index contributed by atoms with van der Waals surface area (Å²) in [5.74, 6) is -0.146. The molecule has 0 bridgehead atoms. The molecule has 0 amide bonds. The molecule has 0 aliphatic heterocycles. The zero-order valence-electron chi connectivity index (χ0n) is 9.84. The molecule has 1 N–H and O–H groups in total. The lowest BCUT2D eigenvalue weighted by molar-refractivity contribution is -0.136. The molecule has 1 aromatic heterocycles. The topological polar surface area (TPSA) is 55.1 Å². The summed E-state index contributed by atoms with van der Waals surface area (Å²) in [5, 5.41) is 9.59. The standard InChI is InChI=1S/C12H18N2O2S/c15-11(16)6-9-17-12-13-7-8-14(12)10-4-2-1-3-5-10/h7-8,10H,1-6,9H2,(H,15,16). The van der Waals surface area contributed by atoms with Crippen LogP contribution in [0, 0.1) is 0 Å². The van der Waals surface area contributed by atoms with Crippen LogP contribution in [0.3, 0.4) is 0 Å². The Morgan fingerprint density at radius 1 is 1.47 bits per heavy atom. The second-order valence-corrected chi connectivity index (χ2v) is 5.46. The van der Waals surface area contributed by atoms with E-state index in [1.807, 2.05) is 12.4 Å². The van der Waals surface area contributed by atoms with Crippen molar-refractivity contribution < 1.29 is 9.90 Å². The average Bonchev–Trinajstić information content (AvgIpc) is 2.78. The van der Waals surface area contributed by atoms with Crippen molar-refractivity contribution in [3.8, 4) is 0 Å². The molecular weight excluding hydrogens is 236 g/mol. The van der Waals surface area contributed by atoms with Crippen molar-refractivity contribution in [3.05, 3.63) is 12.4 Å². The van der Waals surface area contributed by atoms with Gasteiger partial charge in [-0.25, -0.2) is 4.98 Å². The number of aromatic nitrogens is 2. The smallest absolute Gasteiger partial charge is 0.304 e. The van der Waals surface area contributed by atoms with Crippen molar-refractivity contribution in [2.75, 3.05) is 5.75 Å². The van der Waals surface area contributed by atoms with Crippen LogP contribution in [-0.2, 0) is 4.79 Å². The first-order chi connectivity index (χ1) is 8.27. The highest BCUT2D eigenvalue weighted by molar-refractivity contribution is 7.99. The van der Waals surface area contributed by atoms with Crippen molar-refractivity contribution in [3.63, 3.8) is 0 Å². The average molecular weight is 254 g/mol. The predicted molar refractivity (Wildman–Crippen MR) is 67.3 cm³/mol. The summed E-state index contributed by atoms with van der Waals surface area (Å²) in [5.41, 5.74) is 0. The quantitative estimate of drug-likeness (QED) is 0.821. The Morgan fingerprint density at radius 3 is 2.94 bits per heavy atom. The van der Waals surface area contributed by atoms with Gasteiger partial charge in [0.25, 0.3) is 0 Å². The molecule has 0 aromatic carbocycles. The maximum Gasteiger partial charge on any atom is 0.304 e. The Hall–Kier alpha value is -0.970. The molecule has 17 heavy (non-hydrogen) atoms. The maximum absolute atomic E-state index is 10.5. The van der Waals surface area contributed by atoms with Crippen molar-refractivity contribution in [1.82, 2.24) is 9.55 Å². The van der Waals surface area contributed by atoms with Crippen molar-refractivity contribution in [1.29, 1.82) is 0 Å². The van der Waals surface area contributed by atoms with Crippen LogP contribution < -0.4 is 0 Å². The number of rotatable bonds is 5. The number of hydrogen-bond acceptors (Lipinski definition) is 3. The third-order valence-electron chi connectivity index (χ3n) is 3.15. The van der Waals surface area contributed by atoms with Gasteiger partial charge >= 0.3 is 5.97 Å². The molecule has 0 unspecified atom stereocenters. The van der Waals surface area contributed by atoms with Crippen molar-refractivity contribution in [2.45, 2.75) is 49.7 Å². The van der Waals surface area contributed by atoms with Crippen LogP contribution in [-0.4, -0.2) is 26.4 Å². The SMILES string of the molecule is O=C(O)CCSc1nccn1C1CCCCC1. The number of carboxylic acid groups (broad SMARTS) is 1. The van der Waals surface area contributed by atoms with Crippen LogP contribution in [0.2, 0.25) is 0 Å². The summed E-state index contributed by atoms with van der Waals surface area (Å²) in [6.45, 7) is 0. The lowest BCUT2D eigenvalue weighted by Crippen LogP contribution is -2.13. The Balaban J connectivity index is 1.93. The molecule has 0 saturated heterocycles. The van der Waals surface area contributed by atoms with E-state index >= 15 is 0 Å². The normalized spacial score (nSPS) is 17.2. The molecule has 2 rings (SSSR count). The Morgan fingerprint density at radius 2 is 2.24 bits per heavy atom. The first kappa shape index (κ1) is 12.5. The molecular formula is C12H18N2O2S. The predicted octanol–water partition coefficient (Wildman–Crippen LogP) is 2.96. The van der Waals surface area contributed by atoms with Gasteiger partial charge in [-0.2, -0.15) is 0 Å². The highest BCUT2D eigenvalue weighted by atomic mass is 32.2. The summed E-state index contributed by atoms with van der Waals surface area (Å²) in [6.07, 6.45) is 10.4. The van der Waals surface area contributed by atoms with Gasteiger partial charge in [-0.05, 0) is 12.8 Å². The number of hydrogen-bond donors (Lipinski definition) is 1. The molecule has 0 spiro atoms. The van der Waals surface area contributed by atoms with E-state index in [1.165, 1.54) is 32.1 Å². The van der Waals surface area contributed by atoms with Crippen LogP contribution in [0.4, 0.5) is 0 Å². The van der Waals surface area contributed by atoms with Crippen LogP contribution in [0.1, 0.15) is 44.6 Å². The van der Waals surface area contributed by atoms with Crippen molar-refractivity contribution >= 4 is 17.7 Å². The Labute approximate surface area is 105 Å². The monoisotopic (exact) mass is 254 g/mol. The molecule has 94 valence electrons. The minimum Gasteiger partial charge on any atom is -0.481 e. The zero-order valence-corrected chi connectivity index (χ0v) is 10.7. The second kappa shape index (κ2) is 6.10. The van der Waals surface area contributed by atoms with E-state index in [0.717, 1.165) is 5.16 Å². The third-order valence-corrected chi connectivity index (χ3v) is 4.13. The summed E-state index contributed by atoms with van der Waals surface area (Å²) < 4.78 is 2.23. The van der Waals surface area contributed by atoms with E-state index in [-0.39, 0.29) is 6.42 Å². The van der Waals surface area contributed by atoms with E-state index in [4.69, 9.17) is 5.11 Å². The van der Waals surface area contributed by atoms with Crippen molar-refractivity contribution in [2.24, 2.45) is 0 Å². The van der Waals surface area contributed by atoms with E-state index < -0.39 is 5.97 Å². The van der Waals surface area contributed by atoms with Gasteiger partial charge in [-0.15, -0.1) is 0 Å². The Bertz CT molecular complexity index is 372. The minimum atomic E-state index is -0.742. The zero-order chi connectivity index (χ0) is 12.1. The third kappa shape index (κ3) is 3.49. The van der Waals surface area contributed by atoms with Gasteiger partial charge in [0.15, 0.2) is 5.16 Å². The molecule has 5 heteroatoms. The van der Waals surface area contributed by atoms with Crippen LogP contribution in [0.25, 0.3) is 0 Å². The fourth-order valence-corrected chi connectivity index (χ4v) is 3.23. The summed E-state index contributed by atoms with van der Waals surface area (Å²) >= 11 is 1.55. The first-order valence-electron chi connectivity index (χ1n) is 6.15. The van der Waals surface area contributed by atoms with E-state index in [1.54, 1.807) is 11.8 Å². The van der Waals surface area contributed by atoms with Gasteiger partial charge in [0.05, 0.1) is 6.42 Å². The molecule has 1 aromatic rings. The lowest BCUT2D eigenvalue weighted by Gasteiger charge is -2.24. The molecule has 1 fully saturated rings. The highest BCUT2D eigenvalue weighted by Gasteiger charge is 2.17. The van der Waals surface area contributed by atoms with E-state index in [2.05, 4.69) is 9.55 Å². The fourth-order valence-electron chi connectivity index (χ4n) is 2.28. The summed E-state index contributed by atoms with van der Waals surface area (Å²) in [6, 6.07) is 0.568. The molecule has 1 aliphatic rings. The van der Waals surface area contributed by atoms with Gasteiger partial charge < -0.3 is 9.67 Å². The Kier molecular flexibility index (Phi) is 4.48. The lowest BCUT2D eigenvalue weighted by atomic mass is 9.95. The second-order valence-electron chi connectivity index (χ2n) is 4.40. The van der Waals surface area contributed by atoms with Crippen LogP contribution in [0.15, 0.2) is 17.6 Å². The molecule has 4 nitrogen and oxygen atoms in total. The van der Waals surface area contributed by atoms with Gasteiger partial charge in [0.1, 0.15) is 0 Å². The minimum absolute atomic E-state index is 0.197. The first-order valence-corrected chi connectivity index (χ1v) is 7.13. The largest absolute Gasteiger partial charge is 0.481 e. The summed E-state index contributed by atoms with van der Waals surface area (Å²) in [7, 11) is 0. The van der Waals surface area contributed by atoms with Crippen LogP contribution >= 0.6 is 11.8 Å². The molecule has 1 saturated carbocycles. The number of nitrogens with zero attached hydrogens (tertiary/aromatic N) is 2. The van der Waals surface area contributed by atoms with E-state index in [0.29, 0.717) is 11.8 Å². The number of aliphatic carboxylic acids is 1. The molecule has 0 atom stereocenters. The summed E-state index contributed by atoms with van der Waals surface area (Å²) in [4.78, 5) is 14.8. The number of thioether (sulfide) groups is 1. The fraction of sp³-hybridized carbons (Fsp3) is 0.667. The number of imidazole rings is 1. The molecule has 1 aliphatic carbocycles. The molecule has 1 heterocycles. The van der Waals surface area contributed by atoms with Gasteiger partial charge in [-0.1, -0.05) is 31.0 Å². The van der Waals surface area contributed by atoms with Gasteiger partial charge in [0.2, 0.25) is 0 Å². The maximum atomic E-state index is 10.5. The molecule has 0 radical (unpaired) electrons. The number of carbonyl (C=O) groups is 1. The van der Waals surface area contributed by atoms with Gasteiger partial charge in [-0.3, -0.25) is 4.79 Å². The number of carboxylic acids is 1. The van der Waals surface area contributed by atoms with Gasteiger partial charge in [0, 0.05) is 24.2 Å². The van der Waals surface area contributed by atoms with Crippen LogP contribution in [0.5, 0.6) is 0 Å². The van der Waals surface area contributed by atoms with E-state index in [9.17, 15) is 4.79 Å². The highest BCUT2D eigenvalue weighted by Crippen LogP contribution is 2.31.